The molecule has 9 heteroatoms. The Kier molecular flexibility index (Phi) is 5.48. The maximum absolute atomic E-state index is 13.0. The van der Waals surface area contributed by atoms with Gasteiger partial charge in [-0.1, -0.05) is 35.7 Å². The van der Waals surface area contributed by atoms with Crippen LogP contribution in [0.25, 0.3) is 16.1 Å². The number of carbonyl (C=O) groups is 2. The largest absolute Gasteiger partial charge is 0.365 e. The highest BCUT2D eigenvalue weighted by molar-refractivity contribution is 6.42. The van der Waals surface area contributed by atoms with Crippen LogP contribution < -0.4 is 5.73 Å². The minimum Gasteiger partial charge on any atom is -0.365 e. The van der Waals surface area contributed by atoms with Crippen molar-refractivity contribution in [2.24, 2.45) is 11.1 Å². The summed E-state index contributed by atoms with van der Waals surface area (Å²) in [6, 6.07) is 5.04. The molecule has 0 bridgehead atoms. The van der Waals surface area contributed by atoms with Crippen LogP contribution in [0, 0.1) is 12.0 Å². The van der Waals surface area contributed by atoms with E-state index in [4.69, 9.17) is 35.5 Å². The van der Waals surface area contributed by atoms with Crippen molar-refractivity contribution < 1.29 is 9.59 Å². The maximum Gasteiger partial charge on any atom is 0.252 e. The fourth-order valence-corrected chi connectivity index (χ4v) is 4.60. The Morgan fingerprint density at radius 2 is 2.00 bits per heavy atom. The average Bonchev–Trinajstić information content (AvgIpc) is 3.07. The number of fused-ring (bicyclic) bond motifs is 1. The average molecular weight is 446 g/mol. The molecular weight excluding hydrogens is 425 g/mol. The summed E-state index contributed by atoms with van der Waals surface area (Å²) in [5.41, 5.74) is 7.51. The smallest absolute Gasteiger partial charge is 0.252 e. The van der Waals surface area contributed by atoms with Crippen LogP contribution in [-0.4, -0.2) is 39.6 Å². The Labute approximate surface area is 184 Å². The van der Waals surface area contributed by atoms with Crippen molar-refractivity contribution in [3.63, 3.8) is 0 Å². The van der Waals surface area contributed by atoms with Crippen LogP contribution in [0.3, 0.4) is 0 Å². The molecule has 1 aliphatic heterocycles. The molecule has 1 saturated carbocycles. The standard InChI is InChI=1S/C21H21Cl2N5O2/c1-25-12-21(5-2-6-21)10-17(29)27-7-8-28-16(11-27)18(20(24)30)19(26-28)13-3-4-14(22)15(23)9-13/h3-4,9H,2,5-8,10-12H2,(H2,24,30). The summed E-state index contributed by atoms with van der Waals surface area (Å²) in [7, 11) is 0. The zero-order chi connectivity index (χ0) is 21.5. The van der Waals surface area contributed by atoms with E-state index in [2.05, 4.69) is 9.94 Å². The van der Waals surface area contributed by atoms with Crippen molar-refractivity contribution in [2.45, 2.75) is 38.8 Å². The van der Waals surface area contributed by atoms with Gasteiger partial charge in [-0.05, 0) is 25.0 Å². The van der Waals surface area contributed by atoms with Gasteiger partial charge in [-0.2, -0.15) is 5.10 Å². The monoisotopic (exact) mass is 445 g/mol. The number of aromatic nitrogens is 2. The molecule has 0 radical (unpaired) electrons. The van der Waals surface area contributed by atoms with Gasteiger partial charge in [-0.15, -0.1) is 0 Å². The second kappa shape index (κ2) is 7.93. The highest BCUT2D eigenvalue weighted by Crippen LogP contribution is 2.45. The van der Waals surface area contributed by atoms with Crippen molar-refractivity contribution in [1.82, 2.24) is 14.7 Å². The lowest BCUT2D eigenvalue weighted by Crippen LogP contribution is -2.44. The van der Waals surface area contributed by atoms with Crippen molar-refractivity contribution >= 4 is 35.0 Å². The number of hydrogen-bond donors (Lipinski definition) is 1. The molecule has 156 valence electrons. The highest BCUT2D eigenvalue weighted by atomic mass is 35.5. The first-order valence-electron chi connectivity index (χ1n) is 9.79. The Balaban J connectivity index is 1.62. The van der Waals surface area contributed by atoms with E-state index in [1.807, 2.05) is 0 Å². The summed E-state index contributed by atoms with van der Waals surface area (Å²) in [4.78, 5) is 30.6. The number of nitrogens with zero attached hydrogens (tertiary/aromatic N) is 4. The molecule has 2 aromatic rings. The molecule has 1 aromatic carbocycles. The number of amides is 2. The van der Waals surface area contributed by atoms with E-state index in [9.17, 15) is 9.59 Å². The van der Waals surface area contributed by atoms with E-state index in [1.54, 1.807) is 27.8 Å². The fraction of sp³-hybridized carbons (Fsp3) is 0.429. The van der Waals surface area contributed by atoms with Gasteiger partial charge in [-0.3, -0.25) is 14.3 Å². The molecular formula is C21H21Cl2N5O2. The number of hydrogen-bond acceptors (Lipinski definition) is 3. The lowest BCUT2D eigenvalue weighted by Gasteiger charge is -2.39. The van der Waals surface area contributed by atoms with E-state index >= 15 is 0 Å². The van der Waals surface area contributed by atoms with Crippen molar-refractivity contribution in [3.05, 3.63) is 50.9 Å². The number of rotatable bonds is 5. The van der Waals surface area contributed by atoms with Crippen molar-refractivity contribution in [2.75, 3.05) is 13.1 Å². The fourth-order valence-electron chi connectivity index (χ4n) is 4.30. The molecule has 1 aliphatic carbocycles. The third-order valence-electron chi connectivity index (χ3n) is 6.13. The minimum atomic E-state index is -0.602. The predicted octanol–water partition coefficient (Wildman–Crippen LogP) is 3.78. The molecule has 2 amide bonds. The van der Waals surface area contributed by atoms with E-state index in [0.29, 0.717) is 58.6 Å². The molecule has 2 heterocycles. The molecule has 0 atom stereocenters. The van der Waals surface area contributed by atoms with Crippen LogP contribution in [0.2, 0.25) is 10.0 Å². The topological polar surface area (TPSA) is 85.6 Å². The Hall–Kier alpha value is -2.56. The molecule has 1 fully saturated rings. The van der Waals surface area contributed by atoms with Crippen molar-refractivity contribution in [3.8, 4) is 11.3 Å². The summed E-state index contributed by atoms with van der Waals surface area (Å²) in [5.74, 6) is -0.590. The number of carbonyl (C=O) groups excluding carboxylic acids is 2. The lowest BCUT2D eigenvalue weighted by atomic mass is 9.66. The number of halogens is 2. The van der Waals surface area contributed by atoms with Crippen LogP contribution in [-0.2, 0) is 17.9 Å². The van der Waals surface area contributed by atoms with Gasteiger partial charge in [0, 0.05) is 18.5 Å². The quantitative estimate of drug-likeness (QED) is 0.710. The first-order valence-corrected chi connectivity index (χ1v) is 10.5. The highest BCUT2D eigenvalue weighted by Gasteiger charge is 2.43. The maximum atomic E-state index is 13.0. The number of benzene rings is 1. The normalized spacial score (nSPS) is 17.0. The molecule has 0 saturated heterocycles. The number of primary amides is 1. The Bertz CT molecular complexity index is 1070. The summed E-state index contributed by atoms with van der Waals surface area (Å²) in [6.45, 7) is 8.81. The molecule has 30 heavy (non-hydrogen) atoms. The third-order valence-corrected chi connectivity index (χ3v) is 6.87. The Morgan fingerprint density at radius 1 is 1.23 bits per heavy atom. The van der Waals surface area contributed by atoms with E-state index < -0.39 is 5.91 Å². The van der Waals surface area contributed by atoms with Gasteiger partial charge in [0.15, 0.2) is 0 Å². The third kappa shape index (κ3) is 3.66. The molecule has 1 aromatic heterocycles. The minimum absolute atomic E-state index is 0.0114. The zero-order valence-electron chi connectivity index (χ0n) is 16.3. The SMILES string of the molecule is [C-]#[N+]CC1(CC(=O)N2CCn3nc(-c4ccc(Cl)c(Cl)c4)c(C(N)=O)c3C2)CCC1. The van der Waals surface area contributed by atoms with Gasteiger partial charge in [0.05, 0.1) is 39.8 Å². The molecule has 0 unspecified atom stereocenters. The molecule has 2 aliphatic rings. The van der Waals surface area contributed by atoms with Crippen LogP contribution in [0.1, 0.15) is 41.7 Å². The van der Waals surface area contributed by atoms with Crippen LogP contribution in [0.4, 0.5) is 0 Å². The van der Waals surface area contributed by atoms with E-state index in [-0.39, 0.29) is 17.9 Å². The lowest BCUT2D eigenvalue weighted by molar-refractivity contribution is -0.136. The number of nitrogens with two attached hydrogens (primary N) is 1. The van der Waals surface area contributed by atoms with Gasteiger partial charge >= 0.3 is 0 Å². The molecule has 2 N–H and O–H groups in total. The second-order valence-corrected chi connectivity index (χ2v) is 8.86. The van der Waals surface area contributed by atoms with E-state index in [1.165, 1.54) is 0 Å². The van der Waals surface area contributed by atoms with Gasteiger partial charge in [0.2, 0.25) is 12.5 Å². The van der Waals surface area contributed by atoms with Gasteiger partial charge in [0.1, 0.15) is 5.69 Å². The summed E-state index contributed by atoms with van der Waals surface area (Å²) in [6.07, 6.45) is 3.27. The van der Waals surface area contributed by atoms with Gasteiger partial charge in [0.25, 0.3) is 5.91 Å². The molecule has 7 nitrogen and oxygen atoms in total. The summed E-state index contributed by atoms with van der Waals surface area (Å²) >= 11 is 12.1. The first kappa shape index (κ1) is 20.7. The van der Waals surface area contributed by atoms with E-state index in [0.717, 1.165) is 19.3 Å². The summed E-state index contributed by atoms with van der Waals surface area (Å²) in [5, 5.41) is 5.34. The second-order valence-electron chi connectivity index (χ2n) is 8.05. The van der Waals surface area contributed by atoms with Crippen LogP contribution >= 0.6 is 23.2 Å². The molecule has 0 spiro atoms. The van der Waals surface area contributed by atoms with Crippen molar-refractivity contribution in [1.29, 1.82) is 0 Å². The van der Waals surface area contributed by atoms with Gasteiger partial charge < -0.3 is 15.5 Å². The predicted molar refractivity (Wildman–Crippen MR) is 114 cm³/mol. The first-order chi connectivity index (χ1) is 14.3. The van der Waals surface area contributed by atoms with Crippen LogP contribution in [0.15, 0.2) is 18.2 Å². The zero-order valence-corrected chi connectivity index (χ0v) is 17.8. The Morgan fingerprint density at radius 3 is 2.60 bits per heavy atom. The summed E-state index contributed by atoms with van der Waals surface area (Å²) < 4.78 is 1.74. The molecule has 4 rings (SSSR count). The van der Waals surface area contributed by atoms with Crippen LogP contribution in [0.5, 0.6) is 0 Å². The van der Waals surface area contributed by atoms with Gasteiger partial charge in [-0.25, -0.2) is 6.57 Å².